The lowest BCUT2D eigenvalue weighted by Gasteiger charge is -2.31. The summed E-state index contributed by atoms with van der Waals surface area (Å²) >= 11 is 0. The topological polar surface area (TPSA) is 56.1 Å². The van der Waals surface area contributed by atoms with Gasteiger partial charge >= 0.3 is 12.4 Å². The second-order valence-electron chi connectivity index (χ2n) is 5.15. The standard InChI is InChI=1S/C15H15F6N3O/c1-3-23-13(25)9(2)24(8-14(16,17)18)11-5-4-10(7-22)12(6-11)15(19,20)21/h4-6,9H,3,8H2,1-2H3,(H,23,25)/t9-/m0/s1. The van der Waals surface area contributed by atoms with Gasteiger partial charge in [0, 0.05) is 12.2 Å². The van der Waals surface area contributed by atoms with Crippen LogP contribution in [0.4, 0.5) is 32.0 Å². The van der Waals surface area contributed by atoms with E-state index in [9.17, 15) is 31.1 Å². The molecule has 1 rings (SSSR count). The van der Waals surface area contributed by atoms with E-state index in [0.29, 0.717) is 11.0 Å². The first kappa shape index (κ1) is 20.6. The number of nitriles is 1. The Hall–Kier alpha value is -2.44. The highest BCUT2D eigenvalue weighted by molar-refractivity contribution is 5.85. The molecule has 0 aliphatic heterocycles. The molecule has 1 aromatic rings. The molecule has 25 heavy (non-hydrogen) atoms. The van der Waals surface area contributed by atoms with E-state index in [2.05, 4.69) is 5.32 Å². The number of carbonyl (C=O) groups excluding carboxylic acids is 1. The van der Waals surface area contributed by atoms with Gasteiger partial charge in [-0.15, -0.1) is 0 Å². The predicted octanol–water partition coefficient (Wildman–Crippen LogP) is 3.47. The van der Waals surface area contributed by atoms with Crippen molar-refractivity contribution in [3.63, 3.8) is 0 Å². The van der Waals surface area contributed by atoms with Gasteiger partial charge in [-0.1, -0.05) is 0 Å². The molecular formula is C15H15F6N3O. The van der Waals surface area contributed by atoms with E-state index in [4.69, 9.17) is 5.26 Å². The smallest absolute Gasteiger partial charge is 0.355 e. The van der Waals surface area contributed by atoms with Crippen LogP contribution in [0.5, 0.6) is 0 Å². The zero-order chi connectivity index (χ0) is 19.4. The molecule has 0 unspecified atom stereocenters. The van der Waals surface area contributed by atoms with Gasteiger partial charge in [-0.3, -0.25) is 4.79 Å². The first-order valence-corrected chi connectivity index (χ1v) is 7.13. The molecule has 1 aromatic carbocycles. The van der Waals surface area contributed by atoms with Gasteiger partial charge in [0.2, 0.25) is 5.91 Å². The number of nitrogens with one attached hydrogen (secondary N) is 1. The Morgan fingerprint density at radius 1 is 1.28 bits per heavy atom. The van der Waals surface area contributed by atoms with Crippen LogP contribution < -0.4 is 10.2 Å². The molecule has 0 radical (unpaired) electrons. The summed E-state index contributed by atoms with van der Waals surface area (Å²) in [6, 6.07) is 2.17. The molecule has 0 fully saturated rings. The molecule has 1 N–H and O–H groups in total. The second kappa shape index (κ2) is 7.63. The Morgan fingerprint density at radius 2 is 1.88 bits per heavy atom. The lowest BCUT2D eigenvalue weighted by Crippen LogP contribution is -2.48. The number of anilines is 1. The Balaban J connectivity index is 3.40. The van der Waals surface area contributed by atoms with E-state index < -0.39 is 47.7 Å². The van der Waals surface area contributed by atoms with Gasteiger partial charge in [0.25, 0.3) is 0 Å². The molecule has 1 amide bonds. The maximum Gasteiger partial charge on any atom is 0.417 e. The van der Waals surface area contributed by atoms with Gasteiger partial charge in [0.1, 0.15) is 12.6 Å². The summed E-state index contributed by atoms with van der Waals surface area (Å²) in [6.45, 7) is 1.25. The number of amides is 1. The maximum absolute atomic E-state index is 13.0. The molecule has 4 nitrogen and oxygen atoms in total. The van der Waals surface area contributed by atoms with Crippen molar-refractivity contribution in [3.05, 3.63) is 29.3 Å². The average molecular weight is 367 g/mol. The summed E-state index contributed by atoms with van der Waals surface area (Å²) in [5.41, 5.74) is -2.53. The third kappa shape index (κ3) is 5.55. The minimum atomic E-state index is -4.92. The summed E-state index contributed by atoms with van der Waals surface area (Å²) in [6.07, 6.45) is -9.66. The van der Waals surface area contributed by atoms with E-state index in [1.54, 1.807) is 6.92 Å². The summed E-state index contributed by atoms with van der Waals surface area (Å²) in [4.78, 5) is 12.4. The van der Waals surface area contributed by atoms with Gasteiger partial charge in [-0.05, 0) is 32.0 Å². The van der Waals surface area contributed by atoms with Crippen LogP contribution in [0.3, 0.4) is 0 Å². The fraction of sp³-hybridized carbons (Fsp3) is 0.467. The molecule has 0 spiro atoms. The van der Waals surface area contributed by atoms with Crippen LogP contribution in [0.15, 0.2) is 18.2 Å². The highest BCUT2D eigenvalue weighted by Gasteiger charge is 2.38. The predicted molar refractivity (Wildman–Crippen MR) is 77.7 cm³/mol. The fourth-order valence-electron chi connectivity index (χ4n) is 2.15. The number of carbonyl (C=O) groups is 1. The van der Waals surface area contributed by atoms with Crippen molar-refractivity contribution in [2.24, 2.45) is 0 Å². The molecule has 0 bridgehead atoms. The zero-order valence-corrected chi connectivity index (χ0v) is 13.3. The van der Waals surface area contributed by atoms with Gasteiger partial charge in [0.05, 0.1) is 17.2 Å². The van der Waals surface area contributed by atoms with Crippen LogP contribution in [-0.2, 0) is 11.0 Å². The van der Waals surface area contributed by atoms with Gasteiger partial charge in [-0.25, -0.2) is 0 Å². The van der Waals surface area contributed by atoms with Crippen LogP contribution in [0.1, 0.15) is 25.0 Å². The van der Waals surface area contributed by atoms with Crippen molar-refractivity contribution in [1.29, 1.82) is 5.26 Å². The Labute approximate surface area is 140 Å². The molecule has 0 heterocycles. The van der Waals surface area contributed by atoms with E-state index in [1.807, 2.05) is 0 Å². The number of rotatable bonds is 5. The molecule has 1 atom stereocenters. The Morgan fingerprint density at radius 3 is 2.32 bits per heavy atom. The second-order valence-corrected chi connectivity index (χ2v) is 5.15. The monoisotopic (exact) mass is 367 g/mol. The molecule has 0 aromatic heterocycles. The van der Waals surface area contributed by atoms with Crippen molar-refractivity contribution in [3.8, 4) is 6.07 Å². The summed E-state index contributed by atoms with van der Waals surface area (Å²) in [5.74, 6) is -0.760. The van der Waals surface area contributed by atoms with Crippen molar-refractivity contribution in [1.82, 2.24) is 5.32 Å². The first-order valence-electron chi connectivity index (χ1n) is 7.13. The summed E-state index contributed by atoms with van der Waals surface area (Å²) < 4.78 is 77.6. The number of likely N-dealkylation sites (N-methyl/N-ethyl adjacent to an activating group) is 1. The minimum absolute atomic E-state index is 0.157. The molecule has 0 aliphatic rings. The van der Waals surface area contributed by atoms with Crippen molar-refractivity contribution in [2.45, 2.75) is 32.2 Å². The third-order valence-corrected chi connectivity index (χ3v) is 3.31. The van der Waals surface area contributed by atoms with E-state index >= 15 is 0 Å². The number of halogens is 6. The van der Waals surface area contributed by atoms with E-state index in [-0.39, 0.29) is 6.54 Å². The summed E-state index contributed by atoms with van der Waals surface area (Å²) in [7, 11) is 0. The quantitative estimate of drug-likeness (QED) is 0.811. The van der Waals surface area contributed by atoms with Crippen molar-refractivity contribution in [2.75, 3.05) is 18.0 Å². The van der Waals surface area contributed by atoms with Gasteiger partial charge in [0.15, 0.2) is 0 Å². The number of hydrogen-bond donors (Lipinski definition) is 1. The highest BCUT2D eigenvalue weighted by Crippen LogP contribution is 2.35. The molecule has 0 saturated heterocycles. The normalized spacial score (nSPS) is 13.1. The van der Waals surface area contributed by atoms with E-state index in [1.165, 1.54) is 6.07 Å². The third-order valence-electron chi connectivity index (χ3n) is 3.31. The lowest BCUT2D eigenvalue weighted by molar-refractivity contribution is -0.137. The van der Waals surface area contributed by atoms with E-state index in [0.717, 1.165) is 19.1 Å². The number of benzene rings is 1. The minimum Gasteiger partial charge on any atom is -0.355 e. The van der Waals surface area contributed by atoms with Crippen LogP contribution in [0.25, 0.3) is 0 Å². The van der Waals surface area contributed by atoms with Gasteiger partial charge < -0.3 is 10.2 Å². The number of hydrogen-bond acceptors (Lipinski definition) is 3. The molecule has 0 saturated carbocycles. The lowest BCUT2D eigenvalue weighted by atomic mass is 10.1. The number of nitrogens with zero attached hydrogens (tertiary/aromatic N) is 2. The van der Waals surface area contributed by atoms with Gasteiger partial charge in [-0.2, -0.15) is 31.6 Å². The van der Waals surface area contributed by atoms with Crippen LogP contribution in [-0.4, -0.2) is 31.2 Å². The zero-order valence-electron chi connectivity index (χ0n) is 13.3. The summed E-state index contributed by atoms with van der Waals surface area (Å²) in [5, 5.41) is 11.1. The average Bonchev–Trinajstić information content (AvgIpc) is 2.50. The molecule has 10 heteroatoms. The van der Waals surface area contributed by atoms with Crippen LogP contribution in [0.2, 0.25) is 0 Å². The molecular weight excluding hydrogens is 352 g/mol. The fourth-order valence-corrected chi connectivity index (χ4v) is 2.15. The highest BCUT2D eigenvalue weighted by atomic mass is 19.4. The molecule has 138 valence electrons. The maximum atomic E-state index is 13.0. The Bertz CT molecular complexity index is 663. The van der Waals surface area contributed by atoms with Crippen LogP contribution in [0, 0.1) is 11.3 Å². The Kier molecular flexibility index (Phi) is 6.29. The first-order chi connectivity index (χ1) is 11.4. The molecule has 0 aliphatic carbocycles. The van der Waals surface area contributed by atoms with Crippen LogP contribution >= 0.6 is 0 Å². The van der Waals surface area contributed by atoms with Crippen molar-refractivity contribution < 1.29 is 31.1 Å². The van der Waals surface area contributed by atoms with Crippen molar-refractivity contribution >= 4 is 11.6 Å². The SMILES string of the molecule is CCNC(=O)[C@H](C)N(CC(F)(F)F)c1ccc(C#N)c(C(F)(F)F)c1. The number of alkyl halides is 6. The largest absolute Gasteiger partial charge is 0.417 e.